The summed E-state index contributed by atoms with van der Waals surface area (Å²) in [6.07, 6.45) is 4.27. The van der Waals surface area contributed by atoms with E-state index in [1.807, 2.05) is 0 Å². The van der Waals surface area contributed by atoms with Gasteiger partial charge in [0.1, 0.15) is 0 Å². The molecule has 0 unspecified atom stereocenters. The largest absolute Gasteiger partial charge is 0.353 e. The van der Waals surface area contributed by atoms with Crippen molar-refractivity contribution in [1.29, 1.82) is 0 Å². The average Bonchev–Trinajstić information content (AvgIpc) is 2.07. The van der Waals surface area contributed by atoms with Crippen LogP contribution in [-0.2, 0) is 9.47 Å². The van der Waals surface area contributed by atoms with Gasteiger partial charge < -0.3 is 15.2 Å². The lowest BCUT2D eigenvalue weighted by Gasteiger charge is -2.22. The molecule has 1 aliphatic rings. The summed E-state index contributed by atoms with van der Waals surface area (Å²) in [6, 6.07) is 0. The molecule has 0 bridgehead atoms. The van der Waals surface area contributed by atoms with E-state index in [0.717, 1.165) is 45.4 Å². The summed E-state index contributed by atoms with van der Waals surface area (Å²) in [4.78, 5) is 0. The second kappa shape index (κ2) is 5.52. The van der Waals surface area contributed by atoms with Crippen LogP contribution in [0.1, 0.15) is 25.7 Å². The first-order chi connectivity index (χ1) is 5.43. The highest BCUT2D eigenvalue weighted by Crippen LogP contribution is 2.10. The molecule has 0 atom stereocenters. The van der Waals surface area contributed by atoms with Gasteiger partial charge in [-0.25, -0.2) is 0 Å². The number of unbranched alkanes of at least 4 members (excludes halogenated alkanes) is 1. The van der Waals surface area contributed by atoms with Gasteiger partial charge >= 0.3 is 0 Å². The maximum atomic E-state index is 5.36. The van der Waals surface area contributed by atoms with E-state index in [1.165, 1.54) is 0 Å². The molecule has 66 valence electrons. The third kappa shape index (κ3) is 3.70. The fraction of sp³-hybridized carbons (Fsp3) is 1.00. The molecule has 0 aromatic carbocycles. The van der Waals surface area contributed by atoms with E-state index in [4.69, 9.17) is 15.2 Å². The van der Waals surface area contributed by atoms with Crippen LogP contribution < -0.4 is 5.73 Å². The maximum Gasteiger partial charge on any atom is 0.157 e. The first-order valence-corrected chi connectivity index (χ1v) is 4.37. The molecule has 0 spiro atoms. The van der Waals surface area contributed by atoms with Gasteiger partial charge in [-0.2, -0.15) is 0 Å². The van der Waals surface area contributed by atoms with Crippen molar-refractivity contribution < 1.29 is 9.47 Å². The summed E-state index contributed by atoms with van der Waals surface area (Å²) in [7, 11) is 0. The van der Waals surface area contributed by atoms with E-state index in [9.17, 15) is 0 Å². The minimum Gasteiger partial charge on any atom is -0.353 e. The Balaban J connectivity index is 1.96. The second-order valence-corrected chi connectivity index (χ2v) is 2.81. The van der Waals surface area contributed by atoms with Crippen LogP contribution in [0, 0.1) is 0 Å². The molecular weight excluding hydrogens is 142 g/mol. The maximum absolute atomic E-state index is 5.36. The standard InChI is InChI=1S/C8H17NO2/c9-5-2-1-4-8-10-6-3-7-11-8/h8H,1-7,9H2. The van der Waals surface area contributed by atoms with Crippen molar-refractivity contribution in [2.75, 3.05) is 19.8 Å². The van der Waals surface area contributed by atoms with Crippen LogP contribution in [-0.4, -0.2) is 26.0 Å². The zero-order valence-corrected chi connectivity index (χ0v) is 6.92. The van der Waals surface area contributed by atoms with Gasteiger partial charge in [-0.15, -0.1) is 0 Å². The molecular formula is C8H17NO2. The van der Waals surface area contributed by atoms with Crippen LogP contribution in [0.2, 0.25) is 0 Å². The molecule has 0 saturated carbocycles. The Kier molecular flexibility index (Phi) is 4.50. The molecule has 3 heteroatoms. The molecule has 3 nitrogen and oxygen atoms in total. The summed E-state index contributed by atoms with van der Waals surface area (Å²) < 4.78 is 10.7. The van der Waals surface area contributed by atoms with Crippen molar-refractivity contribution in [2.24, 2.45) is 5.73 Å². The van der Waals surface area contributed by atoms with E-state index in [-0.39, 0.29) is 6.29 Å². The molecule has 0 radical (unpaired) electrons. The molecule has 0 amide bonds. The molecule has 1 rings (SSSR count). The van der Waals surface area contributed by atoms with Gasteiger partial charge in [0, 0.05) is 0 Å². The first kappa shape index (κ1) is 8.97. The number of rotatable bonds is 4. The zero-order chi connectivity index (χ0) is 7.94. The minimum atomic E-state index is 0.0512. The number of hydrogen-bond donors (Lipinski definition) is 1. The predicted octanol–water partition coefficient (Wildman–Crippen LogP) is 0.878. The Labute approximate surface area is 67.9 Å². The van der Waals surface area contributed by atoms with E-state index in [2.05, 4.69) is 0 Å². The lowest BCUT2D eigenvalue weighted by molar-refractivity contribution is -0.181. The molecule has 2 N–H and O–H groups in total. The Morgan fingerprint density at radius 3 is 2.55 bits per heavy atom. The summed E-state index contributed by atoms with van der Waals surface area (Å²) in [5.74, 6) is 0. The van der Waals surface area contributed by atoms with Crippen LogP contribution in [0.3, 0.4) is 0 Å². The van der Waals surface area contributed by atoms with Gasteiger partial charge in [0.2, 0.25) is 0 Å². The van der Waals surface area contributed by atoms with Crippen molar-refractivity contribution in [3.05, 3.63) is 0 Å². The smallest absolute Gasteiger partial charge is 0.157 e. The number of hydrogen-bond acceptors (Lipinski definition) is 3. The summed E-state index contributed by atoms with van der Waals surface area (Å²) in [5.41, 5.74) is 5.36. The Bertz CT molecular complexity index is 92.1. The van der Waals surface area contributed by atoms with E-state index < -0.39 is 0 Å². The van der Waals surface area contributed by atoms with Crippen LogP contribution in [0.15, 0.2) is 0 Å². The predicted molar refractivity (Wildman–Crippen MR) is 43.2 cm³/mol. The third-order valence-corrected chi connectivity index (χ3v) is 1.79. The lowest BCUT2D eigenvalue weighted by Crippen LogP contribution is -2.24. The highest BCUT2D eigenvalue weighted by molar-refractivity contribution is 4.52. The second-order valence-electron chi connectivity index (χ2n) is 2.81. The average molecular weight is 159 g/mol. The van der Waals surface area contributed by atoms with Gasteiger partial charge in [0.15, 0.2) is 6.29 Å². The molecule has 1 aliphatic heterocycles. The van der Waals surface area contributed by atoms with E-state index >= 15 is 0 Å². The first-order valence-electron chi connectivity index (χ1n) is 4.37. The van der Waals surface area contributed by atoms with E-state index in [1.54, 1.807) is 0 Å². The van der Waals surface area contributed by atoms with Crippen LogP contribution in [0.5, 0.6) is 0 Å². The zero-order valence-electron chi connectivity index (χ0n) is 6.92. The van der Waals surface area contributed by atoms with Crippen molar-refractivity contribution in [1.82, 2.24) is 0 Å². The molecule has 0 aromatic rings. The topological polar surface area (TPSA) is 44.5 Å². The van der Waals surface area contributed by atoms with Gasteiger partial charge in [0.25, 0.3) is 0 Å². The van der Waals surface area contributed by atoms with Gasteiger partial charge in [-0.1, -0.05) is 0 Å². The van der Waals surface area contributed by atoms with Crippen molar-refractivity contribution in [3.8, 4) is 0 Å². The van der Waals surface area contributed by atoms with Gasteiger partial charge in [0.05, 0.1) is 13.2 Å². The molecule has 0 aromatic heterocycles. The highest BCUT2D eigenvalue weighted by Gasteiger charge is 2.12. The van der Waals surface area contributed by atoms with Crippen LogP contribution in [0.25, 0.3) is 0 Å². The Morgan fingerprint density at radius 1 is 1.18 bits per heavy atom. The molecule has 1 saturated heterocycles. The van der Waals surface area contributed by atoms with Crippen molar-refractivity contribution in [3.63, 3.8) is 0 Å². The van der Waals surface area contributed by atoms with Crippen LogP contribution >= 0.6 is 0 Å². The Morgan fingerprint density at radius 2 is 1.91 bits per heavy atom. The molecule has 1 fully saturated rings. The normalized spacial score (nSPS) is 20.5. The highest BCUT2D eigenvalue weighted by atomic mass is 16.7. The molecule has 0 aliphatic carbocycles. The van der Waals surface area contributed by atoms with Gasteiger partial charge in [-0.3, -0.25) is 0 Å². The summed E-state index contributed by atoms with van der Waals surface area (Å²) in [6.45, 7) is 2.48. The van der Waals surface area contributed by atoms with Crippen LogP contribution in [0.4, 0.5) is 0 Å². The van der Waals surface area contributed by atoms with Crippen molar-refractivity contribution >= 4 is 0 Å². The van der Waals surface area contributed by atoms with E-state index in [0.29, 0.717) is 0 Å². The monoisotopic (exact) mass is 159 g/mol. The van der Waals surface area contributed by atoms with Gasteiger partial charge in [-0.05, 0) is 32.2 Å². The fourth-order valence-corrected chi connectivity index (χ4v) is 1.16. The molecule has 1 heterocycles. The number of ether oxygens (including phenoxy) is 2. The quantitative estimate of drug-likeness (QED) is 0.619. The Hall–Kier alpha value is -0.120. The lowest BCUT2D eigenvalue weighted by atomic mass is 10.2. The summed E-state index contributed by atoms with van der Waals surface area (Å²) in [5, 5.41) is 0. The molecule has 11 heavy (non-hydrogen) atoms. The summed E-state index contributed by atoms with van der Waals surface area (Å²) >= 11 is 0. The SMILES string of the molecule is NCCCCC1OCCCO1. The minimum absolute atomic E-state index is 0.0512. The van der Waals surface area contributed by atoms with Crippen molar-refractivity contribution in [2.45, 2.75) is 32.0 Å². The third-order valence-electron chi connectivity index (χ3n) is 1.79. The number of nitrogens with two attached hydrogens (primary N) is 1. The fourth-order valence-electron chi connectivity index (χ4n) is 1.16.